The number of nitrogens with one attached hydrogen (secondary N) is 1. The molecule has 0 saturated heterocycles. The Hall–Kier alpha value is -2.06. The van der Waals surface area contributed by atoms with Gasteiger partial charge in [0.2, 0.25) is 0 Å². The average molecular weight is 355 g/mol. The number of sulfone groups is 1. The second-order valence-electron chi connectivity index (χ2n) is 5.01. The first kappa shape index (κ1) is 17.3. The summed E-state index contributed by atoms with van der Waals surface area (Å²) in [5.41, 5.74) is 1.16. The molecule has 0 aromatic heterocycles. The average Bonchev–Trinajstić information content (AvgIpc) is 2.48. The Balaban J connectivity index is 2.57. The molecular formula is C15H17NO5S2. The van der Waals surface area contributed by atoms with Gasteiger partial charge in [0.25, 0.3) is 10.0 Å². The van der Waals surface area contributed by atoms with Crippen LogP contribution in [0.15, 0.2) is 52.3 Å². The van der Waals surface area contributed by atoms with Gasteiger partial charge < -0.3 is 4.74 Å². The molecule has 0 bridgehead atoms. The van der Waals surface area contributed by atoms with E-state index < -0.39 is 19.9 Å². The van der Waals surface area contributed by atoms with Crippen molar-refractivity contribution < 1.29 is 21.6 Å². The van der Waals surface area contributed by atoms with Gasteiger partial charge >= 0.3 is 0 Å². The molecule has 0 unspecified atom stereocenters. The van der Waals surface area contributed by atoms with Crippen LogP contribution in [-0.2, 0) is 19.9 Å². The van der Waals surface area contributed by atoms with Crippen LogP contribution in [0.25, 0.3) is 0 Å². The standard InChI is InChI=1S/C15H17NO5S2/c1-11-6-4-5-7-13(11)16-23(19,20)15-10-12(22(3,17)18)8-9-14(15)21-2/h4-10,16H,1-3H3. The first-order valence-electron chi connectivity index (χ1n) is 6.62. The molecule has 0 amide bonds. The summed E-state index contributed by atoms with van der Waals surface area (Å²) in [6, 6.07) is 10.6. The Labute approximate surface area is 136 Å². The summed E-state index contributed by atoms with van der Waals surface area (Å²) >= 11 is 0. The smallest absolute Gasteiger partial charge is 0.265 e. The number of hydrogen-bond donors (Lipinski definition) is 1. The molecule has 2 aromatic carbocycles. The van der Waals surface area contributed by atoms with Crippen molar-refractivity contribution in [1.29, 1.82) is 0 Å². The van der Waals surface area contributed by atoms with Gasteiger partial charge in [-0.05, 0) is 36.8 Å². The zero-order chi connectivity index (χ0) is 17.3. The van der Waals surface area contributed by atoms with E-state index in [0.29, 0.717) is 5.69 Å². The summed E-state index contributed by atoms with van der Waals surface area (Å²) in [5, 5.41) is 0. The first-order valence-corrected chi connectivity index (χ1v) is 9.99. The highest BCUT2D eigenvalue weighted by Gasteiger charge is 2.23. The van der Waals surface area contributed by atoms with Gasteiger partial charge in [-0.1, -0.05) is 18.2 Å². The number of methoxy groups -OCH3 is 1. The van der Waals surface area contributed by atoms with Crippen molar-refractivity contribution in [2.24, 2.45) is 0 Å². The summed E-state index contributed by atoms with van der Waals surface area (Å²) in [5.74, 6) is 0.0680. The van der Waals surface area contributed by atoms with Crippen LogP contribution in [0.5, 0.6) is 5.75 Å². The van der Waals surface area contributed by atoms with E-state index in [2.05, 4.69) is 4.72 Å². The van der Waals surface area contributed by atoms with Crippen LogP contribution < -0.4 is 9.46 Å². The lowest BCUT2D eigenvalue weighted by molar-refractivity contribution is 0.402. The Morgan fingerprint density at radius 2 is 1.65 bits per heavy atom. The van der Waals surface area contributed by atoms with Crippen LogP contribution >= 0.6 is 0 Å². The van der Waals surface area contributed by atoms with Crippen molar-refractivity contribution in [2.45, 2.75) is 16.7 Å². The molecule has 124 valence electrons. The van der Waals surface area contributed by atoms with Crippen molar-refractivity contribution in [1.82, 2.24) is 0 Å². The van der Waals surface area contributed by atoms with E-state index >= 15 is 0 Å². The third-order valence-corrected chi connectivity index (χ3v) is 5.74. The Bertz CT molecular complexity index is 934. The molecule has 0 heterocycles. The largest absolute Gasteiger partial charge is 0.495 e. The maximum atomic E-state index is 12.6. The molecule has 2 rings (SSSR count). The van der Waals surface area contributed by atoms with Crippen LogP contribution in [0, 0.1) is 6.92 Å². The van der Waals surface area contributed by atoms with E-state index in [1.54, 1.807) is 31.2 Å². The van der Waals surface area contributed by atoms with Crippen molar-refractivity contribution in [2.75, 3.05) is 18.1 Å². The van der Waals surface area contributed by atoms with Crippen LogP contribution in [0.1, 0.15) is 5.56 Å². The minimum Gasteiger partial charge on any atom is -0.495 e. The molecule has 23 heavy (non-hydrogen) atoms. The molecule has 0 aliphatic carbocycles. The van der Waals surface area contributed by atoms with Crippen LogP contribution in [-0.4, -0.2) is 30.2 Å². The van der Waals surface area contributed by atoms with Crippen LogP contribution in [0.3, 0.4) is 0 Å². The second-order valence-corrected chi connectivity index (χ2v) is 8.67. The Kier molecular flexibility index (Phi) is 4.67. The molecule has 0 fully saturated rings. The second kappa shape index (κ2) is 6.21. The SMILES string of the molecule is COc1ccc(S(C)(=O)=O)cc1S(=O)(=O)Nc1ccccc1C. The fraction of sp³-hybridized carbons (Fsp3) is 0.200. The monoisotopic (exact) mass is 355 g/mol. The highest BCUT2D eigenvalue weighted by molar-refractivity contribution is 7.93. The number of anilines is 1. The molecule has 2 aromatic rings. The summed E-state index contributed by atoms with van der Waals surface area (Å²) in [6.45, 7) is 1.77. The Morgan fingerprint density at radius 1 is 1.00 bits per heavy atom. The minimum absolute atomic E-state index is 0.0680. The lowest BCUT2D eigenvalue weighted by Crippen LogP contribution is -2.15. The first-order chi connectivity index (χ1) is 10.6. The van der Waals surface area contributed by atoms with Crippen LogP contribution in [0.2, 0.25) is 0 Å². The van der Waals surface area contributed by atoms with Gasteiger partial charge in [0, 0.05) is 6.26 Å². The van der Waals surface area contributed by atoms with Crippen molar-refractivity contribution in [3.05, 3.63) is 48.0 Å². The fourth-order valence-electron chi connectivity index (χ4n) is 1.98. The number of rotatable bonds is 5. The van der Waals surface area contributed by atoms with E-state index in [1.165, 1.54) is 19.2 Å². The molecular weight excluding hydrogens is 338 g/mol. The van der Waals surface area contributed by atoms with E-state index in [1.807, 2.05) is 0 Å². The number of para-hydroxylation sites is 1. The van der Waals surface area contributed by atoms with Gasteiger partial charge in [0.15, 0.2) is 9.84 Å². The third-order valence-electron chi connectivity index (χ3n) is 3.24. The number of sulfonamides is 1. The zero-order valence-corrected chi connectivity index (χ0v) is 14.5. The predicted octanol–water partition coefficient (Wildman–Crippen LogP) is 2.21. The molecule has 0 saturated carbocycles. The summed E-state index contributed by atoms with van der Waals surface area (Å²) in [6.07, 6.45) is 1.01. The van der Waals surface area contributed by atoms with Crippen LogP contribution in [0.4, 0.5) is 5.69 Å². The van der Waals surface area contributed by atoms with Crippen molar-refractivity contribution >= 4 is 25.5 Å². The normalized spacial score (nSPS) is 12.0. The molecule has 6 nitrogen and oxygen atoms in total. The predicted molar refractivity (Wildman–Crippen MR) is 88.1 cm³/mol. The maximum absolute atomic E-state index is 12.6. The van der Waals surface area contributed by atoms with Crippen molar-refractivity contribution in [3.63, 3.8) is 0 Å². The quantitative estimate of drug-likeness (QED) is 0.888. The van der Waals surface area contributed by atoms with Gasteiger partial charge in [-0.3, -0.25) is 4.72 Å². The lowest BCUT2D eigenvalue weighted by atomic mass is 10.2. The lowest BCUT2D eigenvalue weighted by Gasteiger charge is -2.14. The van der Waals surface area contributed by atoms with Gasteiger partial charge in [0.05, 0.1) is 17.7 Å². The van der Waals surface area contributed by atoms with Gasteiger partial charge in [-0.25, -0.2) is 16.8 Å². The highest BCUT2D eigenvalue weighted by Crippen LogP contribution is 2.29. The molecule has 0 aliphatic rings. The van der Waals surface area contributed by atoms with E-state index in [4.69, 9.17) is 4.74 Å². The van der Waals surface area contributed by atoms with E-state index in [-0.39, 0.29) is 15.5 Å². The summed E-state index contributed by atoms with van der Waals surface area (Å²) in [4.78, 5) is -0.324. The number of hydrogen-bond acceptors (Lipinski definition) is 5. The van der Waals surface area contributed by atoms with E-state index in [0.717, 1.165) is 17.9 Å². The van der Waals surface area contributed by atoms with Gasteiger partial charge in [-0.15, -0.1) is 0 Å². The number of ether oxygens (including phenoxy) is 1. The summed E-state index contributed by atoms with van der Waals surface area (Å²) in [7, 11) is -6.22. The van der Waals surface area contributed by atoms with Crippen molar-refractivity contribution in [3.8, 4) is 5.75 Å². The number of aryl methyl sites for hydroxylation is 1. The molecule has 8 heteroatoms. The third kappa shape index (κ3) is 3.83. The number of benzene rings is 2. The van der Waals surface area contributed by atoms with Gasteiger partial charge in [0.1, 0.15) is 10.6 Å². The maximum Gasteiger partial charge on any atom is 0.265 e. The topological polar surface area (TPSA) is 89.5 Å². The molecule has 0 aliphatic heterocycles. The molecule has 0 radical (unpaired) electrons. The highest BCUT2D eigenvalue weighted by atomic mass is 32.2. The van der Waals surface area contributed by atoms with Gasteiger partial charge in [-0.2, -0.15) is 0 Å². The molecule has 0 spiro atoms. The zero-order valence-electron chi connectivity index (χ0n) is 12.9. The Morgan fingerprint density at radius 3 is 2.22 bits per heavy atom. The van der Waals surface area contributed by atoms with E-state index in [9.17, 15) is 16.8 Å². The minimum atomic E-state index is -4.00. The fourth-order valence-corrected chi connectivity index (χ4v) is 4.03. The molecule has 1 N–H and O–H groups in total. The summed E-state index contributed by atoms with van der Waals surface area (Å²) < 4.78 is 56.1. The molecule has 0 atom stereocenters.